The Morgan fingerprint density at radius 2 is 0.471 bits per heavy atom. The van der Waals surface area contributed by atoms with Crippen molar-refractivity contribution in [3.8, 4) is 0 Å². The van der Waals surface area contributed by atoms with Crippen molar-refractivity contribution >= 4 is 0 Å². The smallest absolute Gasteiger partial charge is 0.164 e. The highest BCUT2D eigenvalue weighted by atomic mass is 16.8. The zero-order valence-corrected chi connectivity index (χ0v) is 58.7. The van der Waals surface area contributed by atoms with Gasteiger partial charge in [0.1, 0.15) is 24.4 Å². The topological polar surface area (TPSA) is 55.4 Å². The van der Waals surface area contributed by atoms with Crippen LogP contribution < -0.4 is 0 Å². The van der Waals surface area contributed by atoms with E-state index in [2.05, 4.69) is 139 Å². The van der Waals surface area contributed by atoms with Crippen LogP contribution in [0.5, 0.6) is 0 Å². The molecule has 0 radical (unpaired) electrons. The third-order valence-corrected chi connectivity index (χ3v) is 16.8. The van der Waals surface area contributed by atoms with E-state index in [0.29, 0.717) is 26.4 Å². The van der Waals surface area contributed by atoms with Gasteiger partial charge in [-0.15, -0.1) is 0 Å². The SMILES string of the molecule is CCCCC/C=C\C/C=C\CCCCCCCCOC[C@@H](OCCCCCCCC/C=C\C/C=C\CCCCC)[C@H]1OC(C)(C)O[C@@H]1[C@@H](COCCCCCCCC/C=C\C/C=C\CCCCC)OCCCCCCCC/C=C\C/C=C\CCCCC. The molecule has 1 fully saturated rings. The highest BCUT2D eigenvalue weighted by molar-refractivity contribution is 4.96. The zero-order valence-electron chi connectivity index (χ0n) is 58.7. The van der Waals surface area contributed by atoms with Crippen LogP contribution in [0.15, 0.2) is 97.2 Å². The number of hydrogen-bond donors (Lipinski definition) is 0. The predicted molar refractivity (Wildman–Crippen MR) is 382 cm³/mol. The Kier molecular flexibility index (Phi) is 64.7. The quantitative estimate of drug-likeness (QED) is 0.0447. The van der Waals surface area contributed by atoms with Crippen molar-refractivity contribution in [3.05, 3.63) is 97.2 Å². The van der Waals surface area contributed by atoms with Crippen molar-refractivity contribution in [2.24, 2.45) is 0 Å². The molecule has 1 aliphatic rings. The van der Waals surface area contributed by atoms with Gasteiger partial charge in [-0.05, 0) is 168 Å². The van der Waals surface area contributed by atoms with E-state index in [-0.39, 0.29) is 24.4 Å². The number of allylic oxidation sites excluding steroid dienone is 16. The zero-order chi connectivity index (χ0) is 62.5. The van der Waals surface area contributed by atoms with Crippen LogP contribution in [0, 0.1) is 0 Å². The summed E-state index contributed by atoms with van der Waals surface area (Å²) in [6.45, 7) is 17.1. The molecule has 0 spiro atoms. The van der Waals surface area contributed by atoms with Gasteiger partial charge in [0.05, 0.1) is 13.2 Å². The van der Waals surface area contributed by atoms with E-state index < -0.39 is 5.79 Å². The third kappa shape index (κ3) is 58.5. The van der Waals surface area contributed by atoms with Gasteiger partial charge < -0.3 is 28.4 Å². The number of rotatable bonds is 68. The maximum Gasteiger partial charge on any atom is 0.164 e. The fourth-order valence-electron chi connectivity index (χ4n) is 11.3. The molecule has 0 aromatic carbocycles. The molecule has 0 aromatic rings. The summed E-state index contributed by atoms with van der Waals surface area (Å²) in [7, 11) is 0. The lowest BCUT2D eigenvalue weighted by Gasteiger charge is -2.31. The summed E-state index contributed by atoms with van der Waals surface area (Å²) in [5.74, 6) is -0.764. The Labute approximate surface area is 542 Å². The average molecular weight is 1220 g/mol. The van der Waals surface area contributed by atoms with Crippen molar-refractivity contribution in [1.82, 2.24) is 0 Å². The molecule has 1 rings (SSSR count). The summed E-state index contributed by atoms with van der Waals surface area (Å²) in [5, 5.41) is 0. The second kappa shape index (κ2) is 68.1. The van der Waals surface area contributed by atoms with Crippen molar-refractivity contribution in [2.45, 2.75) is 380 Å². The molecule has 1 heterocycles. The molecule has 0 unspecified atom stereocenters. The van der Waals surface area contributed by atoms with E-state index in [1.165, 1.54) is 257 Å². The molecule has 1 aliphatic heterocycles. The highest BCUT2D eigenvalue weighted by Crippen LogP contribution is 2.34. The Morgan fingerprint density at radius 3 is 0.713 bits per heavy atom. The molecule has 1 saturated heterocycles. The van der Waals surface area contributed by atoms with Crippen LogP contribution in [-0.4, -0.2) is 69.8 Å². The molecular weight excluding hydrogens is 1070 g/mol. The number of ether oxygens (including phenoxy) is 6. The third-order valence-electron chi connectivity index (χ3n) is 16.8. The monoisotopic (exact) mass is 1220 g/mol. The van der Waals surface area contributed by atoms with Crippen LogP contribution in [0.25, 0.3) is 0 Å². The van der Waals surface area contributed by atoms with Gasteiger partial charge in [0.2, 0.25) is 0 Å². The van der Waals surface area contributed by atoms with Gasteiger partial charge in [0, 0.05) is 26.4 Å². The van der Waals surface area contributed by atoms with Crippen molar-refractivity contribution in [1.29, 1.82) is 0 Å². The van der Waals surface area contributed by atoms with Crippen molar-refractivity contribution in [2.75, 3.05) is 39.6 Å². The molecule has 87 heavy (non-hydrogen) atoms. The van der Waals surface area contributed by atoms with Gasteiger partial charge >= 0.3 is 0 Å². The fourth-order valence-corrected chi connectivity index (χ4v) is 11.3. The summed E-state index contributed by atoms with van der Waals surface area (Å²) in [6, 6.07) is 0. The first-order valence-corrected chi connectivity index (χ1v) is 37.9. The molecule has 0 amide bonds. The fraction of sp³-hybridized carbons (Fsp3) is 0.802. The lowest BCUT2D eigenvalue weighted by Crippen LogP contribution is -2.48. The van der Waals surface area contributed by atoms with Gasteiger partial charge in [-0.2, -0.15) is 0 Å². The van der Waals surface area contributed by atoms with Crippen molar-refractivity contribution < 1.29 is 28.4 Å². The van der Waals surface area contributed by atoms with E-state index >= 15 is 0 Å². The van der Waals surface area contributed by atoms with Crippen LogP contribution in [0.4, 0.5) is 0 Å². The first kappa shape index (κ1) is 82.7. The second-order valence-electron chi connectivity index (χ2n) is 25.9. The van der Waals surface area contributed by atoms with Gasteiger partial charge in [0.25, 0.3) is 0 Å². The molecule has 0 aromatic heterocycles. The van der Waals surface area contributed by atoms with E-state index in [0.717, 1.165) is 64.6 Å². The molecule has 506 valence electrons. The minimum Gasteiger partial charge on any atom is -0.379 e. The Bertz CT molecular complexity index is 1500. The summed E-state index contributed by atoms with van der Waals surface area (Å²) < 4.78 is 40.5. The van der Waals surface area contributed by atoms with E-state index in [4.69, 9.17) is 28.4 Å². The van der Waals surface area contributed by atoms with Gasteiger partial charge in [-0.25, -0.2) is 0 Å². The number of hydrogen-bond acceptors (Lipinski definition) is 6. The first-order chi connectivity index (χ1) is 43.0. The molecule has 0 aliphatic carbocycles. The lowest BCUT2D eigenvalue weighted by molar-refractivity contribution is -0.171. The van der Waals surface area contributed by atoms with Crippen LogP contribution in [0.2, 0.25) is 0 Å². The second-order valence-corrected chi connectivity index (χ2v) is 25.9. The van der Waals surface area contributed by atoms with Crippen LogP contribution in [-0.2, 0) is 28.4 Å². The average Bonchev–Trinajstić information content (AvgIpc) is 2.50. The first-order valence-electron chi connectivity index (χ1n) is 37.9. The Balaban J connectivity index is 2.86. The highest BCUT2D eigenvalue weighted by Gasteiger charge is 2.49. The lowest BCUT2D eigenvalue weighted by atomic mass is 10.0. The largest absolute Gasteiger partial charge is 0.379 e. The van der Waals surface area contributed by atoms with Gasteiger partial charge in [-0.1, -0.05) is 279 Å². The molecule has 0 saturated carbocycles. The summed E-state index contributed by atoms with van der Waals surface area (Å²) in [6.07, 6.45) is 95.8. The Morgan fingerprint density at radius 1 is 0.264 bits per heavy atom. The van der Waals surface area contributed by atoms with Crippen molar-refractivity contribution in [3.63, 3.8) is 0 Å². The number of unbranched alkanes of at least 4 members (excludes halogenated alkanes) is 36. The molecular formula is C81H146O6. The van der Waals surface area contributed by atoms with E-state index in [9.17, 15) is 0 Å². The minimum absolute atomic E-state index is 0.250. The molecule has 6 nitrogen and oxygen atoms in total. The maximum atomic E-state index is 6.87. The molecule has 0 bridgehead atoms. The minimum atomic E-state index is -0.764. The molecule has 4 atom stereocenters. The molecule has 6 heteroatoms. The van der Waals surface area contributed by atoms with E-state index in [1.807, 2.05) is 0 Å². The summed E-state index contributed by atoms with van der Waals surface area (Å²) in [4.78, 5) is 0. The summed E-state index contributed by atoms with van der Waals surface area (Å²) >= 11 is 0. The van der Waals surface area contributed by atoms with E-state index in [1.54, 1.807) is 0 Å². The van der Waals surface area contributed by atoms with Crippen LogP contribution in [0.1, 0.15) is 350 Å². The van der Waals surface area contributed by atoms with Gasteiger partial charge in [0.15, 0.2) is 5.79 Å². The van der Waals surface area contributed by atoms with Crippen LogP contribution in [0.3, 0.4) is 0 Å². The maximum absolute atomic E-state index is 6.87. The standard InChI is InChI=1S/C81H146O6/c1-7-11-15-19-23-27-31-35-39-43-47-51-55-59-63-67-71-82-75-77(84-73-69-65-61-57-53-49-45-41-37-33-29-25-21-17-13-9-3)79-80(87-81(5,6)86-79)78(85-74-70-66-62-58-54-50-46-42-38-34-30-26-22-18-14-10-4)76-83-72-68-64-60-56-52-48-44-40-36-32-28-24-20-16-12-8-2/h23-30,35-42,77-80H,7-22,31-34,43-76H2,1-6H3/b27-23-,28-24-,29-25-,30-26-,39-35-,40-36-,41-37-,42-38-/t77-,78-,79-,80-/m1/s1. The normalized spacial score (nSPS) is 16.5. The predicted octanol–water partition coefficient (Wildman–Crippen LogP) is 25.6. The van der Waals surface area contributed by atoms with Gasteiger partial charge in [-0.3, -0.25) is 0 Å². The Hall–Kier alpha value is -2.32. The van der Waals surface area contributed by atoms with Crippen LogP contribution >= 0.6 is 0 Å². The molecule has 0 N–H and O–H groups in total. The summed E-state index contributed by atoms with van der Waals surface area (Å²) in [5.41, 5.74) is 0.